The number of ether oxygens (including phenoxy) is 2. The topological polar surface area (TPSA) is 42.0 Å². The Hall–Kier alpha value is -1.59. The van der Waals surface area contributed by atoms with Gasteiger partial charge in [-0.25, -0.2) is 4.79 Å². The molecule has 5 heteroatoms. The van der Waals surface area contributed by atoms with Crippen molar-refractivity contribution in [2.75, 3.05) is 26.2 Å². The maximum atomic E-state index is 12.4. The van der Waals surface area contributed by atoms with Gasteiger partial charge in [0.1, 0.15) is 5.60 Å². The Labute approximate surface area is 144 Å². The molecule has 2 fully saturated rings. The van der Waals surface area contributed by atoms with E-state index in [4.69, 9.17) is 9.47 Å². The highest BCUT2D eigenvalue weighted by atomic mass is 16.6. The molecule has 1 aromatic rings. The van der Waals surface area contributed by atoms with Gasteiger partial charge >= 0.3 is 6.09 Å². The largest absolute Gasteiger partial charge is 0.444 e. The standard InChI is InChI=1S/C19H28N2O3/c1-19(2,3)24-18(22)21-10-9-17-16(14-21)20(11-12-23-17)13-15-7-5-4-6-8-15/h4-8,16-17H,9-14H2,1-3H3/t16-,17+/m1/s1. The lowest BCUT2D eigenvalue weighted by atomic mass is 9.98. The average molecular weight is 332 g/mol. The van der Waals surface area contributed by atoms with Crippen molar-refractivity contribution in [1.82, 2.24) is 9.80 Å². The van der Waals surface area contributed by atoms with Gasteiger partial charge in [0.25, 0.3) is 0 Å². The molecule has 1 amide bonds. The van der Waals surface area contributed by atoms with Gasteiger partial charge in [-0.2, -0.15) is 0 Å². The van der Waals surface area contributed by atoms with E-state index in [1.165, 1.54) is 5.56 Å². The number of rotatable bonds is 2. The van der Waals surface area contributed by atoms with Crippen LogP contribution in [0.3, 0.4) is 0 Å². The van der Waals surface area contributed by atoms with Gasteiger partial charge in [-0.3, -0.25) is 4.90 Å². The summed E-state index contributed by atoms with van der Waals surface area (Å²) in [6, 6.07) is 10.7. The molecule has 132 valence electrons. The van der Waals surface area contributed by atoms with Gasteiger partial charge in [0.15, 0.2) is 0 Å². The molecular formula is C19H28N2O3. The fourth-order valence-electron chi connectivity index (χ4n) is 3.45. The minimum atomic E-state index is -0.458. The van der Waals surface area contributed by atoms with Crippen molar-refractivity contribution in [1.29, 1.82) is 0 Å². The van der Waals surface area contributed by atoms with E-state index in [0.717, 1.165) is 26.1 Å². The van der Waals surface area contributed by atoms with Gasteiger partial charge in [-0.15, -0.1) is 0 Å². The number of benzene rings is 1. The van der Waals surface area contributed by atoms with Crippen molar-refractivity contribution in [2.24, 2.45) is 0 Å². The Balaban J connectivity index is 1.66. The van der Waals surface area contributed by atoms with Crippen LogP contribution in [-0.2, 0) is 16.0 Å². The zero-order valence-electron chi connectivity index (χ0n) is 14.9. The summed E-state index contributed by atoms with van der Waals surface area (Å²) in [4.78, 5) is 16.7. The summed E-state index contributed by atoms with van der Waals surface area (Å²) in [6.45, 7) is 9.66. The van der Waals surface area contributed by atoms with Gasteiger partial charge in [-0.1, -0.05) is 30.3 Å². The highest BCUT2D eigenvalue weighted by Crippen LogP contribution is 2.25. The number of likely N-dealkylation sites (tertiary alicyclic amines) is 1. The van der Waals surface area contributed by atoms with Gasteiger partial charge in [0.05, 0.1) is 18.8 Å². The normalized spacial score (nSPS) is 25.2. The molecule has 2 aliphatic heterocycles. The zero-order chi connectivity index (χ0) is 17.2. The third-order valence-electron chi connectivity index (χ3n) is 4.58. The molecule has 0 N–H and O–H groups in total. The van der Waals surface area contributed by atoms with Crippen LogP contribution in [0.4, 0.5) is 4.79 Å². The zero-order valence-corrected chi connectivity index (χ0v) is 14.9. The third-order valence-corrected chi connectivity index (χ3v) is 4.58. The molecule has 0 unspecified atom stereocenters. The van der Waals surface area contributed by atoms with Crippen LogP contribution in [0.25, 0.3) is 0 Å². The fourth-order valence-corrected chi connectivity index (χ4v) is 3.45. The summed E-state index contributed by atoms with van der Waals surface area (Å²) >= 11 is 0. The molecule has 0 radical (unpaired) electrons. The van der Waals surface area contributed by atoms with Crippen LogP contribution < -0.4 is 0 Å². The minimum absolute atomic E-state index is 0.209. The Morgan fingerprint density at radius 1 is 1.25 bits per heavy atom. The van der Waals surface area contributed by atoms with Crippen LogP contribution in [-0.4, -0.2) is 59.9 Å². The first-order valence-corrected chi connectivity index (χ1v) is 8.80. The fraction of sp³-hybridized carbons (Fsp3) is 0.632. The van der Waals surface area contributed by atoms with Crippen molar-refractivity contribution < 1.29 is 14.3 Å². The Bertz CT molecular complexity index is 555. The second-order valence-corrected chi connectivity index (χ2v) is 7.65. The summed E-state index contributed by atoms with van der Waals surface area (Å²) in [7, 11) is 0. The number of hydrogen-bond donors (Lipinski definition) is 0. The van der Waals surface area contributed by atoms with Gasteiger partial charge in [-0.05, 0) is 32.8 Å². The van der Waals surface area contributed by atoms with E-state index in [1.807, 2.05) is 31.7 Å². The van der Waals surface area contributed by atoms with Gasteiger partial charge in [0, 0.05) is 26.2 Å². The predicted octanol–water partition coefficient (Wildman–Crippen LogP) is 2.90. The summed E-state index contributed by atoms with van der Waals surface area (Å²) < 4.78 is 11.5. The molecule has 5 nitrogen and oxygen atoms in total. The number of hydrogen-bond acceptors (Lipinski definition) is 4. The van der Waals surface area contributed by atoms with Crippen molar-refractivity contribution in [2.45, 2.75) is 51.5 Å². The maximum Gasteiger partial charge on any atom is 0.410 e. The number of amides is 1. The number of piperidine rings is 1. The van der Waals surface area contributed by atoms with Crippen LogP contribution in [0.5, 0.6) is 0 Å². The SMILES string of the molecule is CC(C)(C)OC(=O)N1CC[C@@H]2OCCN(Cc3ccccc3)[C@@H]2C1. The lowest BCUT2D eigenvalue weighted by Crippen LogP contribution is -2.60. The number of morpholine rings is 1. The van der Waals surface area contributed by atoms with E-state index >= 15 is 0 Å². The van der Waals surface area contributed by atoms with Crippen LogP contribution in [0.2, 0.25) is 0 Å². The van der Waals surface area contributed by atoms with Crippen LogP contribution >= 0.6 is 0 Å². The Morgan fingerprint density at radius 2 is 2.00 bits per heavy atom. The lowest BCUT2D eigenvalue weighted by molar-refractivity contribution is -0.105. The van der Waals surface area contributed by atoms with Gasteiger partial charge < -0.3 is 14.4 Å². The van der Waals surface area contributed by atoms with E-state index in [0.29, 0.717) is 13.1 Å². The molecule has 2 atom stereocenters. The van der Waals surface area contributed by atoms with Crippen molar-refractivity contribution in [3.05, 3.63) is 35.9 Å². The predicted molar refractivity (Wildman–Crippen MR) is 92.8 cm³/mol. The molecule has 0 spiro atoms. The molecule has 3 rings (SSSR count). The van der Waals surface area contributed by atoms with Gasteiger partial charge in [0.2, 0.25) is 0 Å². The number of nitrogens with zero attached hydrogens (tertiary/aromatic N) is 2. The smallest absolute Gasteiger partial charge is 0.410 e. The highest BCUT2D eigenvalue weighted by Gasteiger charge is 2.39. The number of carbonyl (C=O) groups is 1. The van der Waals surface area contributed by atoms with Crippen molar-refractivity contribution >= 4 is 6.09 Å². The first kappa shape index (κ1) is 17.2. The molecule has 24 heavy (non-hydrogen) atoms. The third kappa shape index (κ3) is 4.28. The molecule has 0 saturated carbocycles. The molecule has 1 aromatic carbocycles. The monoisotopic (exact) mass is 332 g/mol. The average Bonchev–Trinajstić information content (AvgIpc) is 2.54. The van der Waals surface area contributed by atoms with E-state index < -0.39 is 5.60 Å². The summed E-state index contributed by atoms with van der Waals surface area (Å²) in [5.41, 5.74) is 0.841. The molecule has 0 bridgehead atoms. The van der Waals surface area contributed by atoms with Crippen molar-refractivity contribution in [3.8, 4) is 0 Å². The number of fused-ring (bicyclic) bond motifs is 1. The van der Waals surface area contributed by atoms with Crippen molar-refractivity contribution in [3.63, 3.8) is 0 Å². The van der Waals surface area contributed by atoms with Crippen LogP contribution in [0.1, 0.15) is 32.8 Å². The van der Waals surface area contributed by atoms with Crippen LogP contribution in [0, 0.1) is 0 Å². The Morgan fingerprint density at radius 3 is 2.71 bits per heavy atom. The second-order valence-electron chi connectivity index (χ2n) is 7.65. The molecule has 0 aliphatic carbocycles. The molecule has 2 aliphatic rings. The first-order valence-electron chi connectivity index (χ1n) is 8.80. The Kier molecular flexibility index (Phi) is 5.11. The van der Waals surface area contributed by atoms with E-state index in [1.54, 1.807) is 0 Å². The summed E-state index contributed by atoms with van der Waals surface area (Å²) in [5, 5.41) is 0. The quantitative estimate of drug-likeness (QED) is 0.835. The van der Waals surface area contributed by atoms with Crippen LogP contribution in [0.15, 0.2) is 30.3 Å². The second kappa shape index (κ2) is 7.11. The molecule has 0 aromatic heterocycles. The number of carbonyl (C=O) groups excluding carboxylic acids is 1. The van der Waals surface area contributed by atoms with E-state index in [2.05, 4.69) is 29.2 Å². The molecule has 2 saturated heterocycles. The minimum Gasteiger partial charge on any atom is -0.444 e. The van der Waals surface area contributed by atoms with E-state index in [9.17, 15) is 4.79 Å². The summed E-state index contributed by atoms with van der Waals surface area (Å²) in [5.74, 6) is 0. The first-order chi connectivity index (χ1) is 11.4. The maximum absolute atomic E-state index is 12.4. The van der Waals surface area contributed by atoms with E-state index in [-0.39, 0.29) is 18.2 Å². The molecular weight excluding hydrogens is 304 g/mol. The molecule has 2 heterocycles. The highest BCUT2D eigenvalue weighted by molar-refractivity contribution is 5.68. The summed E-state index contributed by atoms with van der Waals surface area (Å²) in [6.07, 6.45) is 0.863. The lowest BCUT2D eigenvalue weighted by Gasteiger charge is -2.47.